The van der Waals surface area contributed by atoms with Gasteiger partial charge < -0.3 is 10.3 Å². The van der Waals surface area contributed by atoms with Gasteiger partial charge in [0.25, 0.3) is 0 Å². The van der Waals surface area contributed by atoms with E-state index in [4.69, 9.17) is 0 Å². The summed E-state index contributed by atoms with van der Waals surface area (Å²) >= 11 is 0. The SMILES string of the molecule is C=C(Nc1cc(F)ccc1C)c1cccc2[nH]c3ccccc3c12. The van der Waals surface area contributed by atoms with Crippen LogP contribution in [0.5, 0.6) is 0 Å². The van der Waals surface area contributed by atoms with Gasteiger partial charge in [0, 0.05) is 38.8 Å². The van der Waals surface area contributed by atoms with Crippen LogP contribution in [0.1, 0.15) is 11.1 Å². The number of aromatic nitrogens is 1. The number of hydrogen-bond acceptors (Lipinski definition) is 1. The summed E-state index contributed by atoms with van der Waals surface area (Å²) in [6.07, 6.45) is 0. The van der Waals surface area contributed by atoms with Gasteiger partial charge in [-0.05, 0) is 36.8 Å². The molecule has 2 N–H and O–H groups in total. The lowest BCUT2D eigenvalue weighted by Crippen LogP contribution is -2.00. The number of nitrogens with one attached hydrogen (secondary N) is 2. The summed E-state index contributed by atoms with van der Waals surface area (Å²) in [5.74, 6) is -0.263. The predicted molar refractivity (Wildman–Crippen MR) is 99.6 cm³/mol. The topological polar surface area (TPSA) is 27.8 Å². The van der Waals surface area contributed by atoms with E-state index in [1.165, 1.54) is 12.1 Å². The standard InChI is InChI=1S/C21H17FN2/c1-13-10-11-15(22)12-20(13)23-14(2)16-7-5-9-19-21(16)17-6-3-4-8-18(17)24-19/h3-12,23-24H,2H2,1H3. The van der Waals surface area contributed by atoms with Gasteiger partial charge in [0.15, 0.2) is 0 Å². The van der Waals surface area contributed by atoms with E-state index in [0.29, 0.717) is 0 Å². The predicted octanol–water partition coefficient (Wildman–Crippen LogP) is 5.85. The van der Waals surface area contributed by atoms with Gasteiger partial charge in [0.2, 0.25) is 0 Å². The average Bonchev–Trinajstić information content (AvgIpc) is 2.96. The fraction of sp³-hybridized carbons (Fsp3) is 0.0476. The first-order chi connectivity index (χ1) is 11.6. The highest BCUT2D eigenvalue weighted by Gasteiger charge is 2.11. The highest BCUT2D eigenvalue weighted by molar-refractivity contribution is 6.12. The zero-order valence-electron chi connectivity index (χ0n) is 13.4. The number of halogens is 1. The van der Waals surface area contributed by atoms with Crippen LogP contribution in [-0.2, 0) is 0 Å². The molecule has 0 aliphatic rings. The van der Waals surface area contributed by atoms with Crippen LogP contribution in [0.2, 0.25) is 0 Å². The minimum absolute atomic E-state index is 0.263. The second-order valence-corrected chi connectivity index (χ2v) is 5.96. The van der Waals surface area contributed by atoms with Crippen molar-refractivity contribution in [3.63, 3.8) is 0 Å². The molecule has 0 fully saturated rings. The highest BCUT2D eigenvalue weighted by atomic mass is 19.1. The molecule has 4 rings (SSSR count). The van der Waals surface area contributed by atoms with Gasteiger partial charge in [-0.15, -0.1) is 0 Å². The third-order valence-electron chi connectivity index (χ3n) is 4.34. The van der Waals surface area contributed by atoms with Crippen molar-refractivity contribution in [2.24, 2.45) is 0 Å². The van der Waals surface area contributed by atoms with Gasteiger partial charge in [-0.3, -0.25) is 0 Å². The summed E-state index contributed by atoms with van der Waals surface area (Å²) in [4.78, 5) is 3.43. The maximum Gasteiger partial charge on any atom is 0.125 e. The zero-order chi connectivity index (χ0) is 16.7. The maximum absolute atomic E-state index is 13.5. The second-order valence-electron chi connectivity index (χ2n) is 5.96. The summed E-state index contributed by atoms with van der Waals surface area (Å²) in [6.45, 7) is 6.13. The molecule has 1 heterocycles. The largest absolute Gasteiger partial charge is 0.355 e. The van der Waals surface area contributed by atoms with E-state index in [-0.39, 0.29) is 5.82 Å². The van der Waals surface area contributed by atoms with Crippen molar-refractivity contribution in [1.29, 1.82) is 0 Å². The molecule has 0 aliphatic carbocycles. The molecule has 118 valence electrons. The highest BCUT2D eigenvalue weighted by Crippen LogP contribution is 2.32. The fourth-order valence-electron chi connectivity index (χ4n) is 3.11. The Bertz CT molecular complexity index is 1080. The third-order valence-corrected chi connectivity index (χ3v) is 4.34. The molecule has 0 radical (unpaired) electrons. The Balaban J connectivity index is 1.84. The number of benzene rings is 3. The normalized spacial score (nSPS) is 11.1. The lowest BCUT2D eigenvalue weighted by Gasteiger charge is -2.13. The molecule has 1 aromatic heterocycles. The minimum atomic E-state index is -0.263. The van der Waals surface area contributed by atoms with Gasteiger partial charge >= 0.3 is 0 Å². The van der Waals surface area contributed by atoms with Crippen molar-refractivity contribution < 1.29 is 4.39 Å². The Labute approximate surface area is 139 Å². The number of rotatable bonds is 3. The van der Waals surface area contributed by atoms with Crippen LogP contribution in [0.15, 0.2) is 67.2 Å². The molecule has 0 saturated carbocycles. The maximum atomic E-state index is 13.5. The first kappa shape index (κ1) is 14.5. The minimum Gasteiger partial charge on any atom is -0.355 e. The second kappa shape index (κ2) is 5.53. The van der Waals surface area contributed by atoms with Gasteiger partial charge in [-0.2, -0.15) is 0 Å². The van der Waals surface area contributed by atoms with Crippen LogP contribution in [0.4, 0.5) is 10.1 Å². The van der Waals surface area contributed by atoms with E-state index in [1.54, 1.807) is 6.07 Å². The number of anilines is 1. The van der Waals surface area contributed by atoms with Gasteiger partial charge in [-0.25, -0.2) is 4.39 Å². The van der Waals surface area contributed by atoms with Gasteiger partial charge in [0.05, 0.1) is 0 Å². The molecule has 0 aliphatic heterocycles. The van der Waals surface area contributed by atoms with Crippen molar-refractivity contribution in [1.82, 2.24) is 4.98 Å². The molecule has 0 amide bonds. The first-order valence-electron chi connectivity index (χ1n) is 7.85. The number of hydrogen-bond donors (Lipinski definition) is 2. The van der Waals surface area contributed by atoms with E-state index in [1.807, 2.05) is 31.2 Å². The molecule has 3 aromatic carbocycles. The molecular weight excluding hydrogens is 299 g/mol. The molecule has 2 nitrogen and oxygen atoms in total. The van der Waals surface area contributed by atoms with Crippen LogP contribution >= 0.6 is 0 Å². The molecule has 0 atom stereocenters. The number of H-pyrrole nitrogens is 1. The Morgan fingerprint density at radius 3 is 2.67 bits per heavy atom. The molecule has 0 saturated heterocycles. The van der Waals surface area contributed by atoms with Crippen LogP contribution < -0.4 is 5.32 Å². The van der Waals surface area contributed by atoms with Crippen molar-refractivity contribution in [2.75, 3.05) is 5.32 Å². The Hall–Kier alpha value is -3.07. The van der Waals surface area contributed by atoms with Crippen molar-refractivity contribution in [3.8, 4) is 0 Å². The molecule has 0 spiro atoms. The molecule has 4 aromatic rings. The zero-order valence-corrected chi connectivity index (χ0v) is 13.4. The number of fused-ring (bicyclic) bond motifs is 3. The first-order valence-corrected chi connectivity index (χ1v) is 7.85. The quantitative estimate of drug-likeness (QED) is 0.487. The number of para-hydroxylation sites is 1. The smallest absolute Gasteiger partial charge is 0.125 e. The van der Waals surface area contributed by atoms with Crippen LogP contribution in [0.25, 0.3) is 27.5 Å². The van der Waals surface area contributed by atoms with Crippen molar-refractivity contribution >= 4 is 33.2 Å². The molecule has 24 heavy (non-hydrogen) atoms. The van der Waals surface area contributed by atoms with E-state index < -0.39 is 0 Å². The summed E-state index contributed by atoms with van der Waals surface area (Å²) < 4.78 is 13.5. The lowest BCUT2D eigenvalue weighted by molar-refractivity contribution is 0.628. The van der Waals surface area contributed by atoms with Gasteiger partial charge in [0.1, 0.15) is 5.82 Å². The number of aryl methyl sites for hydroxylation is 1. The molecule has 0 unspecified atom stereocenters. The van der Waals surface area contributed by atoms with E-state index in [9.17, 15) is 4.39 Å². The number of aromatic amines is 1. The average molecular weight is 316 g/mol. The monoisotopic (exact) mass is 316 g/mol. The van der Waals surface area contributed by atoms with Crippen LogP contribution in [-0.4, -0.2) is 4.98 Å². The third kappa shape index (κ3) is 2.35. The van der Waals surface area contributed by atoms with E-state index in [0.717, 1.165) is 44.3 Å². The Morgan fingerprint density at radius 1 is 1.00 bits per heavy atom. The van der Waals surface area contributed by atoms with Crippen molar-refractivity contribution in [2.45, 2.75) is 6.92 Å². The molecule has 3 heteroatoms. The summed E-state index contributed by atoms with van der Waals surface area (Å²) in [7, 11) is 0. The molecular formula is C21H17FN2. The van der Waals surface area contributed by atoms with Gasteiger partial charge in [-0.1, -0.05) is 43.0 Å². The lowest BCUT2D eigenvalue weighted by atomic mass is 10.0. The Kier molecular flexibility index (Phi) is 3.35. The van der Waals surface area contributed by atoms with Crippen LogP contribution in [0.3, 0.4) is 0 Å². The molecule has 0 bridgehead atoms. The van der Waals surface area contributed by atoms with E-state index >= 15 is 0 Å². The summed E-state index contributed by atoms with van der Waals surface area (Å²) in [6, 6.07) is 19.0. The fourth-order valence-corrected chi connectivity index (χ4v) is 3.11. The Morgan fingerprint density at radius 2 is 1.79 bits per heavy atom. The van der Waals surface area contributed by atoms with Crippen LogP contribution in [0, 0.1) is 12.7 Å². The van der Waals surface area contributed by atoms with Crippen molar-refractivity contribution in [3.05, 3.63) is 84.2 Å². The summed E-state index contributed by atoms with van der Waals surface area (Å²) in [5.41, 5.74) is 5.62. The van der Waals surface area contributed by atoms with E-state index in [2.05, 4.69) is 35.1 Å². The summed E-state index contributed by atoms with van der Waals surface area (Å²) in [5, 5.41) is 5.54.